The van der Waals surface area contributed by atoms with E-state index in [4.69, 9.17) is 4.74 Å². The molecule has 0 radical (unpaired) electrons. The number of ether oxygens (including phenoxy) is 1. The van der Waals surface area contributed by atoms with Crippen LogP contribution < -0.4 is 4.74 Å². The number of methoxy groups -OCH3 is 1. The third-order valence-corrected chi connectivity index (χ3v) is 5.15. The molecular formula is C12H17NO5S. The van der Waals surface area contributed by atoms with Crippen molar-refractivity contribution in [3.63, 3.8) is 0 Å². The van der Waals surface area contributed by atoms with Crippen LogP contribution in [0.25, 0.3) is 0 Å². The Balaban J connectivity index is 2.30. The van der Waals surface area contributed by atoms with Crippen LogP contribution in [0.15, 0.2) is 29.2 Å². The molecule has 2 N–H and O–H groups in total. The van der Waals surface area contributed by atoms with E-state index in [0.29, 0.717) is 5.75 Å². The number of hydrogen-bond acceptors (Lipinski definition) is 5. The van der Waals surface area contributed by atoms with E-state index in [1.165, 1.54) is 19.2 Å². The first-order chi connectivity index (χ1) is 8.98. The molecule has 2 rings (SSSR count). The van der Waals surface area contributed by atoms with Crippen LogP contribution in [0.1, 0.15) is 6.42 Å². The lowest BCUT2D eigenvalue weighted by Crippen LogP contribution is -2.37. The molecule has 19 heavy (non-hydrogen) atoms. The fourth-order valence-electron chi connectivity index (χ4n) is 2.21. The van der Waals surface area contributed by atoms with Crippen LogP contribution in [0.2, 0.25) is 0 Å². The lowest BCUT2D eigenvalue weighted by molar-refractivity contribution is 0.184. The Hall–Kier alpha value is -1.15. The topological polar surface area (TPSA) is 87.1 Å². The number of aliphatic hydroxyl groups excluding tert-OH is 2. The monoisotopic (exact) mass is 287 g/mol. The Morgan fingerprint density at radius 3 is 2.53 bits per heavy atom. The summed E-state index contributed by atoms with van der Waals surface area (Å²) in [5.74, 6) is 0.569. The average molecular weight is 287 g/mol. The van der Waals surface area contributed by atoms with E-state index in [1.54, 1.807) is 12.1 Å². The smallest absolute Gasteiger partial charge is 0.243 e. The zero-order chi connectivity index (χ0) is 14.0. The van der Waals surface area contributed by atoms with E-state index in [0.717, 1.165) is 4.31 Å². The Kier molecular flexibility index (Phi) is 4.10. The summed E-state index contributed by atoms with van der Waals surface area (Å²) >= 11 is 0. The van der Waals surface area contributed by atoms with Crippen molar-refractivity contribution in [2.45, 2.75) is 23.5 Å². The number of rotatable bonds is 4. The molecule has 0 aliphatic carbocycles. The molecule has 1 aromatic rings. The molecule has 0 aromatic heterocycles. The predicted molar refractivity (Wildman–Crippen MR) is 68.4 cm³/mol. The summed E-state index contributed by atoms with van der Waals surface area (Å²) in [7, 11) is -2.20. The van der Waals surface area contributed by atoms with Crippen molar-refractivity contribution in [3.8, 4) is 5.75 Å². The molecule has 1 aliphatic heterocycles. The van der Waals surface area contributed by atoms with E-state index >= 15 is 0 Å². The molecule has 1 saturated heterocycles. The number of β-amino-alcohol motifs (C(OH)–C–C–N with tert-alkyl or cyclic N) is 1. The van der Waals surface area contributed by atoms with Gasteiger partial charge in [0, 0.05) is 6.54 Å². The minimum absolute atomic E-state index is 0.0135. The molecule has 0 amide bonds. The van der Waals surface area contributed by atoms with Gasteiger partial charge in [-0.1, -0.05) is 0 Å². The number of hydrogen-bond donors (Lipinski definition) is 2. The second-order valence-electron chi connectivity index (χ2n) is 4.48. The zero-order valence-corrected chi connectivity index (χ0v) is 11.4. The van der Waals surface area contributed by atoms with Gasteiger partial charge >= 0.3 is 0 Å². The standard InChI is InChI=1S/C12H17NO5S/c1-18-11-2-4-12(5-3-11)19(16,17)13-7-10(15)6-9(13)8-14/h2-5,9-10,14-15H,6-8H2,1H3/t9-,10-/m1/s1. The van der Waals surface area contributed by atoms with Crippen molar-refractivity contribution in [1.82, 2.24) is 4.31 Å². The van der Waals surface area contributed by atoms with Gasteiger partial charge < -0.3 is 14.9 Å². The van der Waals surface area contributed by atoms with Gasteiger partial charge in [-0.05, 0) is 30.7 Å². The van der Waals surface area contributed by atoms with Gasteiger partial charge in [0.15, 0.2) is 0 Å². The number of benzene rings is 1. The third kappa shape index (κ3) is 2.74. The van der Waals surface area contributed by atoms with Crippen molar-refractivity contribution in [3.05, 3.63) is 24.3 Å². The molecule has 1 fully saturated rings. The van der Waals surface area contributed by atoms with Gasteiger partial charge in [-0.25, -0.2) is 8.42 Å². The Bertz CT molecular complexity index is 528. The second kappa shape index (κ2) is 5.46. The summed E-state index contributed by atoms with van der Waals surface area (Å²) in [6.45, 7) is -0.286. The van der Waals surface area contributed by atoms with Gasteiger partial charge in [-0.15, -0.1) is 0 Å². The van der Waals surface area contributed by atoms with Crippen LogP contribution in [0.4, 0.5) is 0 Å². The van der Waals surface area contributed by atoms with Crippen LogP contribution in [0, 0.1) is 0 Å². The number of aliphatic hydroxyl groups is 2. The SMILES string of the molecule is COc1ccc(S(=O)(=O)N2C[C@H](O)C[C@@H]2CO)cc1. The maximum Gasteiger partial charge on any atom is 0.243 e. The first kappa shape index (κ1) is 14.3. The van der Waals surface area contributed by atoms with Crippen LogP contribution in [-0.2, 0) is 10.0 Å². The van der Waals surface area contributed by atoms with E-state index < -0.39 is 22.2 Å². The molecule has 1 aliphatic rings. The maximum absolute atomic E-state index is 12.4. The molecule has 0 unspecified atom stereocenters. The van der Waals surface area contributed by atoms with Crippen LogP contribution in [-0.4, -0.2) is 55.3 Å². The van der Waals surface area contributed by atoms with E-state index in [2.05, 4.69) is 0 Å². The summed E-state index contributed by atoms with van der Waals surface area (Å²) in [4.78, 5) is 0.126. The Morgan fingerprint density at radius 1 is 1.37 bits per heavy atom. The highest BCUT2D eigenvalue weighted by Crippen LogP contribution is 2.27. The minimum atomic E-state index is -3.70. The fraction of sp³-hybridized carbons (Fsp3) is 0.500. The summed E-state index contributed by atoms with van der Waals surface area (Å²) in [6, 6.07) is 5.46. The fourth-order valence-corrected chi connectivity index (χ4v) is 3.87. The van der Waals surface area contributed by atoms with Crippen molar-refractivity contribution in [2.24, 2.45) is 0 Å². The van der Waals surface area contributed by atoms with Crippen molar-refractivity contribution >= 4 is 10.0 Å². The average Bonchev–Trinajstić information content (AvgIpc) is 2.81. The quantitative estimate of drug-likeness (QED) is 0.801. The molecule has 0 spiro atoms. The lowest BCUT2D eigenvalue weighted by Gasteiger charge is -2.22. The molecule has 1 heterocycles. The third-order valence-electron chi connectivity index (χ3n) is 3.22. The molecule has 106 valence electrons. The van der Waals surface area contributed by atoms with E-state index in [1.807, 2.05) is 0 Å². The number of nitrogens with zero attached hydrogens (tertiary/aromatic N) is 1. The van der Waals surface area contributed by atoms with E-state index in [-0.39, 0.29) is 24.5 Å². The summed E-state index contributed by atoms with van der Waals surface area (Å²) < 4.78 is 31.0. The molecule has 0 bridgehead atoms. The highest BCUT2D eigenvalue weighted by Gasteiger charge is 2.39. The molecular weight excluding hydrogens is 270 g/mol. The zero-order valence-electron chi connectivity index (χ0n) is 10.6. The first-order valence-corrected chi connectivity index (χ1v) is 7.38. The largest absolute Gasteiger partial charge is 0.497 e. The van der Waals surface area contributed by atoms with Crippen molar-refractivity contribution < 1.29 is 23.4 Å². The van der Waals surface area contributed by atoms with Gasteiger partial charge in [0.2, 0.25) is 10.0 Å². The van der Waals surface area contributed by atoms with Gasteiger partial charge in [0.25, 0.3) is 0 Å². The lowest BCUT2D eigenvalue weighted by atomic mass is 10.2. The Labute approximate surface area is 112 Å². The summed E-state index contributed by atoms with van der Waals surface area (Å²) in [5.41, 5.74) is 0. The van der Waals surface area contributed by atoms with Gasteiger partial charge in [-0.2, -0.15) is 4.31 Å². The summed E-state index contributed by atoms with van der Waals surface area (Å²) in [6.07, 6.45) is -0.475. The van der Waals surface area contributed by atoms with Crippen LogP contribution in [0.3, 0.4) is 0 Å². The minimum Gasteiger partial charge on any atom is -0.497 e. The summed E-state index contributed by atoms with van der Waals surface area (Å²) in [5, 5.41) is 18.8. The Morgan fingerprint density at radius 2 is 2.00 bits per heavy atom. The van der Waals surface area contributed by atoms with Crippen molar-refractivity contribution in [2.75, 3.05) is 20.3 Å². The molecule has 6 nitrogen and oxygen atoms in total. The van der Waals surface area contributed by atoms with Crippen LogP contribution in [0.5, 0.6) is 5.75 Å². The maximum atomic E-state index is 12.4. The van der Waals surface area contributed by atoms with Gasteiger partial charge in [0.05, 0.1) is 30.8 Å². The number of sulfonamides is 1. The van der Waals surface area contributed by atoms with Gasteiger partial charge in [-0.3, -0.25) is 0 Å². The first-order valence-electron chi connectivity index (χ1n) is 5.94. The molecule has 7 heteroatoms. The van der Waals surface area contributed by atoms with Crippen LogP contribution >= 0.6 is 0 Å². The highest BCUT2D eigenvalue weighted by molar-refractivity contribution is 7.89. The normalized spacial score (nSPS) is 24.6. The van der Waals surface area contributed by atoms with Gasteiger partial charge in [0.1, 0.15) is 5.75 Å². The van der Waals surface area contributed by atoms with E-state index in [9.17, 15) is 18.6 Å². The van der Waals surface area contributed by atoms with Crippen molar-refractivity contribution in [1.29, 1.82) is 0 Å². The second-order valence-corrected chi connectivity index (χ2v) is 6.37. The molecule has 1 aromatic carbocycles. The molecule has 2 atom stereocenters. The molecule has 0 saturated carbocycles. The highest BCUT2D eigenvalue weighted by atomic mass is 32.2. The predicted octanol–water partition coefficient (Wildman–Crippen LogP) is -0.189.